The smallest absolute Gasteiger partial charge is 0.369 e. The SMILES string of the molecule is O=C([C@H]1NC2CCC1CC2)N1CC2(C1)CN(c1c(C(F)F)cnc3sc(CC(F)(F)F)cc13)C2. The average Bonchev–Trinajstić information content (AvgIpc) is 3.12. The minimum Gasteiger partial charge on any atom is -0.369 e. The number of anilines is 1. The molecule has 1 amide bonds. The van der Waals surface area contributed by atoms with Gasteiger partial charge in [0.2, 0.25) is 5.91 Å². The zero-order chi connectivity index (χ0) is 23.8. The third-order valence-electron chi connectivity index (χ3n) is 7.88. The molecule has 7 rings (SSSR count). The maximum Gasteiger partial charge on any atom is 0.393 e. The number of fused-ring (bicyclic) bond motifs is 4. The molecule has 4 saturated heterocycles. The number of hydrogen-bond donors (Lipinski definition) is 1. The summed E-state index contributed by atoms with van der Waals surface area (Å²) in [5.41, 5.74) is -0.108. The molecule has 2 aromatic heterocycles. The number of likely N-dealkylation sites (tertiary alicyclic amines) is 1. The Morgan fingerprint density at radius 2 is 1.88 bits per heavy atom. The zero-order valence-corrected chi connectivity index (χ0v) is 19.2. The molecule has 1 saturated carbocycles. The van der Waals surface area contributed by atoms with Crippen LogP contribution in [0.1, 0.15) is 42.5 Å². The molecule has 5 aliphatic rings. The number of carbonyl (C=O) groups excluding carboxylic acids is 1. The van der Waals surface area contributed by atoms with E-state index in [1.54, 1.807) is 0 Å². The summed E-state index contributed by atoms with van der Waals surface area (Å²) in [6.45, 7) is 2.20. The molecule has 1 aliphatic carbocycles. The van der Waals surface area contributed by atoms with Crippen molar-refractivity contribution in [3.05, 3.63) is 22.7 Å². The standard InChI is InChI=1S/C23H25F5N4OS/c24-19(25)16-7-29-20-15(5-14(34-20)6-23(26,27)28)18(16)31-8-22(9-31)10-32(11-22)21(33)17-12-1-3-13(30-17)4-2-12/h5,7,12-13,17,19,30H,1-4,6,8-11H2/t12?,13?,17-/m0/s1. The summed E-state index contributed by atoms with van der Waals surface area (Å²) in [5.74, 6) is 0.544. The predicted molar refractivity (Wildman–Crippen MR) is 118 cm³/mol. The lowest BCUT2D eigenvalue weighted by atomic mass is 9.70. The average molecular weight is 501 g/mol. The molecule has 2 bridgehead atoms. The Labute approximate surface area is 197 Å². The number of nitrogens with zero attached hydrogens (tertiary/aromatic N) is 3. The molecule has 5 fully saturated rings. The third kappa shape index (κ3) is 3.75. The number of hydrogen-bond acceptors (Lipinski definition) is 5. The lowest BCUT2D eigenvalue weighted by molar-refractivity contribution is -0.151. The Morgan fingerprint density at radius 1 is 1.18 bits per heavy atom. The van der Waals surface area contributed by atoms with E-state index >= 15 is 0 Å². The van der Waals surface area contributed by atoms with E-state index in [2.05, 4.69) is 10.3 Å². The summed E-state index contributed by atoms with van der Waals surface area (Å²) >= 11 is 0.894. The van der Waals surface area contributed by atoms with Crippen LogP contribution in [0.5, 0.6) is 0 Å². The molecule has 11 heteroatoms. The first-order valence-electron chi connectivity index (χ1n) is 11.7. The lowest BCUT2D eigenvalue weighted by Crippen LogP contribution is -2.75. The van der Waals surface area contributed by atoms with Crippen LogP contribution >= 0.6 is 11.3 Å². The highest BCUT2D eigenvalue weighted by atomic mass is 32.1. The summed E-state index contributed by atoms with van der Waals surface area (Å²) in [5, 5.41) is 3.84. The maximum atomic E-state index is 13.8. The zero-order valence-electron chi connectivity index (χ0n) is 18.4. The second-order valence-electron chi connectivity index (χ2n) is 10.4. The number of alkyl halides is 5. The highest BCUT2D eigenvalue weighted by Crippen LogP contribution is 2.48. The van der Waals surface area contributed by atoms with Gasteiger partial charge in [-0.3, -0.25) is 4.79 Å². The van der Waals surface area contributed by atoms with Crippen molar-refractivity contribution in [2.75, 3.05) is 31.1 Å². The molecule has 5 nitrogen and oxygen atoms in total. The highest BCUT2D eigenvalue weighted by Gasteiger charge is 2.55. The minimum absolute atomic E-state index is 0.0626. The van der Waals surface area contributed by atoms with Gasteiger partial charge in [0.05, 0.1) is 23.7 Å². The Bertz CT molecular complexity index is 1110. The molecular formula is C23H25F5N4OS. The van der Waals surface area contributed by atoms with Crippen molar-refractivity contribution < 1.29 is 26.7 Å². The van der Waals surface area contributed by atoms with Crippen LogP contribution in [0.15, 0.2) is 12.3 Å². The fraction of sp³-hybridized carbons (Fsp3) is 0.652. The van der Waals surface area contributed by atoms with Crippen LogP contribution in [0, 0.1) is 11.3 Å². The van der Waals surface area contributed by atoms with E-state index < -0.39 is 19.0 Å². The fourth-order valence-corrected chi connectivity index (χ4v) is 7.39. The van der Waals surface area contributed by atoms with Crippen molar-refractivity contribution in [2.24, 2.45) is 11.3 Å². The molecule has 4 aliphatic heterocycles. The second-order valence-corrected chi connectivity index (χ2v) is 11.5. The monoisotopic (exact) mass is 500 g/mol. The molecule has 184 valence electrons. The quantitative estimate of drug-likeness (QED) is 0.628. The van der Waals surface area contributed by atoms with Crippen molar-refractivity contribution in [1.82, 2.24) is 15.2 Å². The third-order valence-corrected chi connectivity index (χ3v) is 8.92. The summed E-state index contributed by atoms with van der Waals surface area (Å²) in [6, 6.07) is 1.68. The van der Waals surface area contributed by atoms with Gasteiger partial charge in [0.1, 0.15) is 4.83 Å². The van der Waals surface area contributed by atoms with E-state index in [-0.39, 0.29) is 33.5 Å². The number of carbonyl (C=O) groups is 1. The van der Waals surface area contributed by atoms with E-state index in [4.69, 9.17) is 0 Å². The topological polar surface area (TPSA) is 48.5 Å². The number of thiophene rings is 1. The summed E-state index contributed by atoms with van der Waals surface area (Å²) in [6.07, 6.45) is -2.72. The van der Waals surface area contributed by atoms with Gasteiger partial charge in [-0.25, -0.2) is 13.8 Å². The second kappa shape index (κ2) is 7.74. The van der Waals surface area contributed by atoms with E-state index in [1.807, 2.05) is 9.80 Å². The molecule has 34 heavy (non-hydrogen) atoms. The van der Waals surface area contributed by atoms with E-state index in [1.165, 1.54) is 6.07 Å². The fourth-order valence-electron chi connectivity index (χ4n) is 6.36. The van der Waals surface area contributed by atoms with Crippen molar-refractivity contribution in [1.29, 1.82) is 0 Å². The van der Waals surface area contributed by atoms with Gasteiger partial charge in [-0.1, -0.05) is 0 Å². The number of nitrogens with one attached hydrogen (secondary N) is 1. The van der Waals surface area contributed by atoms with Crippen molar-refractivity contribution in [2.45, 2.75) is 56.8 Å². The van der Waals surface area contributed by atoms with Crippen LogP contribution in [-0.2, 0) is 11.2 Å². The van der Waals surface area contributed by atoms with Gasteiger partial charge in [-0.15, -0.1) is 11.3 Å². The lowest BCUT2D eigenvalue weighted by Gasteiger charge is -2.62. The number of piperidine rings is 2. The first-order valence-corrected chi connectivity index (χ1v) is 12.5. The molecule has 0 radical (unpaired) electrons. The Morgan fingerprint density at radius 3 is 2.47 bits per heavy atom. The molecule has 0 aromatic carbocycles. The Balaban J connectivity index is 1.17. The van der Waals surface area contributed by atoms with Crippen LogP contribution in [-0.4, -0.2) is 60.2 Å². The maximum absolute atomic E-state index is 13.8. The van der Waals surface area contributed by atoms with Crippen LogP contribution in [0.25, 0.3) is 10.2 Å². The Hall–Kier alpha value is -2.01. The molecule has 6 heterocycles. The summed E-state index contributed by atoms with van der Waals surface area (Å²) in [7, 11) is 0. The van der Waals surface area contributed by atoms with E-state index in [0.717, 1.165) is 43.2 Å². The predicted octanol–water partition coefficient (Wildman–Crippen LogP) is 4.52. The normalized spacial score (nSPS) is 28.0. The number of pyridine rings is 1. The van der Waals surface area contributed by atoms with E-state index in [9.17, 15) is 26.7 Å². The van der Waals surface area contributed by atoms with Crippen molar-refractivity contribution >= 4 is 33.1 Å². The molecule has 1 N–H and O–H groups in total. The van der Waals surface area contributed by atoms with Crippen LogP contribution in [0.4, 0.5) is 27.6 Å². The number of aromatic nitrogens is 1. The van der Waals surface area contributed by atoms with Gasteiger partial charge in [0.25, 0.3) is 6.43 Å². The van der Waals surface area contributed by atoms with Crippen LogP contribution < -0.4 is 10.2 Å². The number of rotatable bonds is 4. The van der Waals surface area contributed by atoms with Gasteiger partial charge < -0.3 is 15.1 Å². The Kier molecular flexibility index (Phi) is 5.11. The minimum atomic E-state index is -4.37. The summed E-state index contributed by atoms with van der Waals surface area (Å²) in [4.78, 5) is 21.1. The number of amides is 1. The number of halogens is 5. The summed E-state index contributed by atoms with van der Waals surface area (Å²) < 4.78 is 66.2. The molecule has 1 spiro atoms. The van der Waals surface area contributed by atoms with E-state index in [0.29, 0.717) is 48.4 Å². The molecule has 2 aromatic rings. The van der Waals surface area contributed by atoms with Gasteiger partial charge in [0, 0.05) is 54.1 Å². The van der Waals surface area contributed by atoms with Gasteiger partial charge in [0.15, 0.2) is 0 Å². The van der Waals surface area contributed by atoms with Gasteiger partial charge in [-0.2, -0.15) is 13.2 Å². The van der Waals surface area contributed by atoms with Crippen LogP contribution in [0.3, 0.4) is 0 Å². The van der Waals surface area contributed by atoms with Crippen molar-refractivity contribution in [3.8, 4) is 0 Å². The largest absolute Gasteiger partial charge is 0.393 e. The van der Waals surface area contributed by atoms with Crippen molar-refractivity contribution in [3.63, 3.8) is 0 Å². The van der Waals surface area contributed by atoms with Crippen LogP contribution in [0.2, 0.25) is 0 Å². The van der Waals surface area contributed by atoms with Gasteiger partial charge in [-0.05, 0) is 37.7 Å². The highest BCUT2D eigenvalue weighted by molar-refractivity contribution is 7.18. The molecular weight excluding hydrogens is 475 g/mol. The molecule has 1 atom stereocenters. The van der Waals surface area contributed by atoms with Gasteiger partial charge >= 0.3 is 6.18 Å². The molecule has 0 unspecified atom stereocenters. The first kappa shape index (κ1) is 22.5. The first-order chi connectivity index (χ1) is 16.1.